The summed E-state index contributed by atoms with van der Waals surface area (Å²) < 4.78 is 26.9. The zero-order valence-electron chi connectivity index (χ0n) is 11.1. The fraction of sp³-hybridized carbons (Fsp3) is 0.143. The highest BCUT2D eigenvalue weighted by molar-refractivity contribution is 5.80. The number of nitrogens with two attached hydrogens (primary N) is 1. The Labute approximate surface area is 120 Å². The van der Waals surface area contributed by atoms with Crippen molar-refractivity contribution in [3.8, 4) is 0 Å². The van der Waals surface area contributed by atoms with Crippen LogP contribution in [0.4, 0.5) is 20.3 Å². The second-order valence-electron chi connectivity index (χ2n) is 4.29. The fourth-order valence-electron chi connectivity index (χ4n) is 1.85. The number of pyridine rings is 1. The second kappa shape index (κ2) is 6.65. The monoisotopic (exact) mass is 292 g/mol. The van der Waals surface area contributed by atoms with Gasteiger partial charge in [0.1, 0.15) is 11.7 Å². The topological polar surface area (TPSA) is 74.7 Å². The number of hydrogen-bond donors (Lipinski definition) is 2. The van der Waals surface area contributed by atoms with Gasteiger partial charge in [-0.3, -0.25) is 0 Å². The summed E-state index contributed by atoms with van der Waals surface area (Å²) in [4.78, 5) is 5.33. The molecule has 0 aliphatic rings. The molecule has 0 saturated carbocycles. The van der Waals surface area contributed by atoms with Crippen LogP contribution in [-0.4, -0.2) is 22.6 Å². The van der Waals surface area contributed by atoms with E-state index in [1.54, 1.807) is 24.3 Å². The van der Waals surface area contributed by atoms with Crippen molar-refractivity contribution >= 4 is 17.3 Å². The second-order valence-corrected chi connectivity index (χ2v) is 4.29. The average molecular weight is 292 g/mol. The maximum atomic E-state index is 13.9. The lowest BCUT2D eigenvalue weighted by Crippen LogP contribution is -2.25. The molecule has 0 aliphatic carbocycles. The minimum Gasteiger partial charge on any atom is -0.409 e. The molecule has 0 atom stereocenters. The standard InChI is InChI=1S/C14H14F2N4O/c15-10-8-12(16)14(18-9-10)20(7-6-13(17)19-21)11-4-2-1-3-5-11/h1-5,8-9,21H,6-7H2,(H2,17,19). The molecule has 5 nitrogen and oxygen atoms in total. The van der Waals surface area contributed by atoms with E-state index in [0.29, 0.717) is 5.69 Å². The molecule has 0 bridgehead atoms. The molecule has 0 radical (unpaired) electrons. The Bertz CT molecular complexity index is 634. The van der Waals surface area contributed by atoms with Crippen LogP contribution in [0.15, 0.2) is 47.8 Å². The number of aromatic nitrogens is 1. The van der Waals surface area contributed by atoms with Crippen LogP contribution in [0.5, 0.6) is 0 Å². The van der Waals surface area contributed by atoms with Crippen LogP contribution >= 0.6 is 0 Å². The average Bonchev–Trinajstić information content (AvgIpc) is 2.50. The van der Waals surface area contributed by atoms with Gasteiger partial charge >= 0.3 is 0 Å². The zero-order chi connectivity index (χ0) is 15.2. The number of rotatable bonds is 5. The Kier molecular flexibility index (Phi) is 4.65. The van der Waals surface area contributed by atoms with Crippen LogP contribution in [-0.2, 0) is 0 Å². The number of anilines is 2. The van der Waals surface area contributed by atoms with Gasteiger partial charge in [0.05, 0.1) is 6.20 Å². The number of benzene rings is 1. The molecule has 0 unspecified atom stereocenters. The van der Waals surface area contributed by atoms with Gasteiger partial charge in [-0.1, -0.05) is 23.4 Å². The van der Waals surface area contributed by atoms with Crippen molar-refractivity contribution < 1.29 is 14.0 Å². The first-order valence-electron chi connectivity index (χ1n) is 6.22. The maximum Gasteiger partial charge on any atom is 0.169 e. The van der Waals surface area contributed by atoms with Gasteiger partial charge in [-0.2, -0.15) is 0 Å². The molecule has 0 saturated heterocycles. The molecule has 2 aromatic rings. The van der Waals surface area contributed by atoms with Crippen molar-refractivity contribution in [1.82, 2.24) is 4.98 Å². The third kappa shape index (κ3) is 3.65. The molecule has 0 spiro atoms. The summed E-state index contributed by atoms with van der Waals surface area (Å²) >= 11 is 0. The van der Waals surface area contributed by atoms with E-state index < -0.39 is 11.6 Å². The van der Waals surface area contributed by atoms with Gasteiger partial charge in [0.25, 0.3) is 0 Å². The summed E-state index contributed by atoms with van der Waals surface area (Å²) in [6, 6.07) is 9.68. The summed E-state index contributed by atoms with van der Waals surface area (Å²) in [5, 5.41) is 11.5. The van der Waals surface area contributed by atoms with Crippen molar-refractivity contribution in [3.05, 3.63) is 54.2 Å². The van der Waals surface area contributed by atoms with Gasteiger partial charge in [-0.25, -0.2) is 13.8 Å². The van der Waals surface area contributed by atoms with E-state index in [4.69, 9.17) is 10.9 Å². The van der Waals surface area contributed by atoms with E-state index in [2.05, 4.69) is 10.1 Å². The first kappa shape index (κ1) is 14.7. The van der Waals surface area contributed by atoms with Gasteiger partial charge in [-0.15, -0.1) is 0 Å². The highest BCUT2D eigenvalue weighted by Crippen LogP contribution is 2.26. The van der Waals surface area contributed by atoms with Crippen LogP contribution in [0.3, 0.4) is 0 Å². The summed E-state index contributed by atoms with van der Waals surface area (Å²) in [6.07, 6.45) is 1.14. The van der Waals surface area contributed by atoms with Crippen molar-refractivity contribution in [2.24, 2.45) is 10.9 Å². The van der Waals surface area contributed by atoms with E-state index in [9.17, 15) is 8.78 Å². The van der Waals surface area contributed by atoms with Crippen molar-refractivity contribution in [3.63, 3.8) is 0 Å². The molecule has 2 rings (SSSR count). The van der Waals surface area contributed by atoms with E-state index >= 15 is 0 Å². The molecular formula is C14H14F2N4O. The van der Waals surface area contributed by atoms with E-state index in [-0.39, 0.29) is 24.6 Å². The SMILES string of the molecule is N/C(CCN(c1ccccc1)c1ncc(F)cc1F)=N/O. The molecule has 1 aromatic carbocycles. The molecule has 0 aliphatic heterocycles. The fourth-order valence-corrected chi connectivity index (χ4v) is 1.85. The third-order valence-electron chi connectivity index (χ3n) is 2.83. The maximum absolute atomic E-state index is 13.9. The van der Waals surface area contributed by atoms with Gasteiger partial charge < -0.3 is 15.8 Å². The Morgan fingerprint density at radius 1 is 1.29 bits per heavy atom. The minimum absolute atomic E-state index is 0.0125. The third-order valence-corrected chi connectivity index (χ3v) is 2.83. The van der Waals surface area contributed by atoms with Crippen LogP contribution in [0.2, 0.25) is 0 Å². The van der Waals surface area contributed by atoms with Gasteiger partial charge in [-0.05, 0) is 12.1 Å². The van der Waals surface area contributed by atoms with Crippen molar-refractivity contribution in [2.75, 3.05) is 11.4 Å². The van der Waals surface area contributed by atoms with Gasteiger partial charge in [0, 0.05) is 24.7 Å². The minimum atomic E-state index is -0.779. The summed E-state index contributed by atoms with van der Waals surface area (Å²) in [6.45, 7) is 0.232. The van der Waals surface area contributed by atoms with Crippen molar-refractivity contribution in [1.29, 1.82) is 0 Å². The number of oxime groups is 1. The van der Waals surface area contributed by atoms with Crippen LogP contribution < -0.4 is 10.6 Å². The van der Waals surface area contributed by atoms with E-state index in [0.717, 1.165) is 12.3 Å². The summed E-state index contributed by atoms with van der Waals surface area (Å²) in [5.74, 6) is -1.54. The lowest BCUT2D eigenvalue weighted by molar-refractivity contribution is 0.317. The summed E-state index contributed by atoms with van der Waals surface area (Å²) in [7, 11) is 0. The molecular weight excluding hydrogens is 278 g/mol. The highest BCUT2D eigenvalue weighted by Gasteiger charge is 2.16. The van der Waals surface area contributed by atoms with Crippen molar-refractivity contribution in [2.45, 2.75) is 6.42 Å². The molecule has 0 fully saturated rings. The Morgan fingerprint density at radius 2 is 2.00 bits per heavy atom. The predicted octanol–water partition coefficient (Wildman–Crippen LogP) is 2.63. The number of para-hydroxylation sites is 1. The predicted molar refractivity (Wildman–Crippen MR) is 75.6 cm³/mol. The first-order valence-corrected chi connectivity index (χ1v) is 6.22. The normalized spacial score (nSPS) is 11.4. The lowest BCUT2D eigenvalue weighted by atomic mass is 10.2. The van der Waals surface area contributed by atoms with E-state index in [1.807, 2.05) is 6.07 Å². The van der Waals surface area contributed by atoms with Crippen LogP contribution in [0.25, 0.3) is 0 Å². The zero-order valence-corrected chi connectivity index (χ0v) is 11.1. The lowest BCUT2D eigenvalue weighted by Gasteiger charge is -2.24. The number of nitrogens with zero attached hydrogens (tertiary/aromatic N) is 3. The van der Waals surface area contributed by atoms with Crippen LogP contribution in [0, 0.1) is 11.6 Å². The van der Waals surface area contributed by atoms with Gasteiger partial charge in [0.2, 0.25) is 0 Å². The Morgan fingerprint density at radius 3 is 2.62 bits per heavy atom. The Balaban J connectivity index is 2.35. The molecule has 21 heavy (non-hydrogen) atoms. The quantitative estimate of drug-likeness (QED) is 0.384. The number of halogens is 2. The molecule has 0 amide bonds. The molecule has 1 heterocycles. The highest BCUT2D eigenvalue weighted by atomic mass is 19.1. The van der Waals surface area contributed by atoms with E-state index in [1.165, 1.54) is 4.90 Å². The number of hydrogen-bond acceptors (Lipinski definition) is 4. The molecule has 7 heteroatoms. The molecule has 110 valence electrons. The molecule has 3 N–H and O–H groups in total. The summed E-state index contributed by atoms with van der Waals surface area (Å²) in [5.41, 5.74) is 6.11. The smallest absolute Gasteiger partial charge is 0.169 e. The van der Waals surface area contributed by atoms with Gasteiger partial charge in [0.15, 0.2) is 11.6 Å². The molecule has 1 aromatic heterocycles. The first-order chi connectivity index (χ1) is 10.1. The van der Waals surface area contributed by atoms with Crippen LogP contribution in [0.1, 0.15) is 6.42 Å². The largest absolute Gasteiger partial charge is 0.409 e. The number of amidine groups is 1. The Hall–Kier alpha value is -2.70.